The molecule has 1 aliphatic heterocycles. The van der Waals surface area contributed by atoms with Crippen LogP contribution in [0.4, 0.5) is 0 Å². The smallest absolute Gasteiger partial charge is 0.229 e. The van der Waals surface area contributed by atoms with Gasteiger partial charge in [0.05, 0.1) is 6.54 Å². The Balaban J connectivity index is 1.88. The van der Waals surface area contributed by atoms with Crippen molar-refractivity contribution in [2.75, 3.05) is 13.2 Å². The van der Waals surface area contributed by atoms with Gasteiger partial charge in [-0.15, -0.1) is 0 Å². The minimum Gasteiger partial charge on any atom is -0.492 e. The topological polar surface area (TPSA) is 46.6 Å². The van der Waals surface area contributed by atoms with Gasteiger partial charge in [-0.25, -0.2) is 0 Å². The molecule has 0 atom stereocenters. The van der Waals surface area contributed by atoms with E-state index in [2.05, 4.69) is 6.07 Å². The van der Waals surface area contributed by atoms with Gasteiger partial charge in [0.1, 0.15) is 12.4 Å². The second kappa shape index (κ2) is 5.21. The van der Waals surface area contributed by atoms with Crippen molar-refractivity contribution in [2.45, 2.75) is 26.7 Å². The first-order chi connectivity index (χ1) is 8.56. The molecule has 0 aliphatic carbocycles. The molecular formula is C14H17NO3. The van der Waals surface area contributed by atoms with Crippen LogP contribution in [0.25, 0.3) is 0 Å². The molecule has 0 unspecified atom stereocenters. The van der Waals surface area contributed by atoms with Crippen molar-refractivity contribution in [3.63, 3.8) is 0 Å². The molecule has 18 heavy (non-hydrogen) atoms. The minimum absolute atomic E-state index is 0.0935. The van der Waals surface area contributed by atoms with Crippen LogP contribution in [0.2, 0.25) is 0 Å². The normalized spacial score (nSPS) is 15.3. The zero-order chi connectivity index (χ0) is 13.1. The summed E-state index contributed by atoms with van der Waals surface area (Å²) in [5, 5.41) is 0. The number of nitrogens with zero attached hydrogens (tertiary/aromatic N) is 1. The van der Waals surface area contributed by atoms with E-state index >= 15 is 0 Å². The molecule has 4 nitrogen and oxygen atoms in total. The van der Waals surface area contributed by atoms with Gasteiger partial charge >= 0.3 is 0 Å². The predicted octanol–water partition coefficient (Wildman–Crippen LogP) is 1.83. The first kappa shape index (κ1) is 12.6. The fraction of sp³-hybridized carbons (Fsp3) is 0.429. The third kappa shape index (κ3) is 2.88. The van der Waals surface area contributed by atoms with Gasteiger partial charge in [-0.3, -0.25) is 14.5 Å². The third-order valence-corrected chi connectivity index (χ3v) is 2.93. The van der Waals surface area contributed by atoms with Crippen molar-refractivity contribution in [3.05, 3.63) is 29.3 Å². The Morgan fingerprint density at radius 2 is 1.61 bits per heavy atom. The number of hydrogen-bond donors (Lipinski definition) is 0. The standard InChI is InChI=1S/C14H17NO3/c1-10-7-11(2)9-12(8-10)18-6-5-15-13(16)3-4-14(15)17/h7-9H,3-6H2,1-2H3. The minimum atomic E-state index is -0.0935. The van der Waals surface area contributed by atoms with Crippen LogP contribution in [0.5, 0.6) is 5.75 Å². The fourth-order valence-corrected chi connectivity index (χ4v) is 2.14. The monoisotopic (exact) mass is 247 g/mol. The Hall–Kier alpha value is -1.84. The molecule has 0 radical (unpaired) electrons. The molecular weight excluding hydrogens is 230 g/mol. The highest BCUT2D eigenvalue weighted by molar-refractivity contribution is 6.01. The Bertz CT molecular complexity index is 446. The molecule has 1 aromatic rings. The molecule has 0 spiro atoms. The van der Waals surface area contributed by atoms with Gasteiger partial charge in [0.15, 0.2) is 0 Å². The fourth-order valence-electron chi connectivity index (χ4n) is 2.14. The van der Waals surface area contributed by atoms with Crippen molar-refractivity contribution in [2.24, 2.45) is 0 Å². The zero-order valence-corrected chi connectivity index (χ0v) is 10.7. The molecule has 4 heteroatoms. The Morgan fingerprint density at radius 3 is 2.17 bits per heavy atom. The number of carbonyl (C=O) groups is 2. The van der Waals surface area contributed by atoms with Crippen LogP contribution in [0.15, 0.2) is 18.2 Å². The molecule has 1 fully saturated rings. The van der Waals surface area contributed by atoms with Gasteiger partial charge in [0.25, 0.3) is 0 Å². The van der Waals surface area contributed by atoms with Crippen LogP contribution >= 0.6 is 0 Å². The quantitative estimate of drug-likeness (QED) is 0.763. The highest BCUT2D eigenvalue weighted by atomic mass is 16.5. The number of carbonyl (C=O) groups excluding carboxylic acids is 2. The highest BCUT2D eigenvalue weighted by Gasteiger charge is 2.28. The summed E-state index contributed by atoms with van der Waals surface area (Å²) in [5.41, 5.74) is 2.27. The van der Waals surface area contributed by atoms with Crippen molar-refractivity contribution in [1.29, 1.82) is 0 Å². The maximum atomic E-state index is 11.4. The lowest BCUT2D eigenvalue weighted by Crippen LogP contribution is -2.33. The first-order valence-corrected chi connectivity index (χ1v) is 6.10. The lowest BCUT2D eigenvalue weighted by atomic mass is 10.1. The number of hydrogen-bond acceptors (Lipinski definition) is 3. The van der Waals surface area contributed by atoms with Crippen LogP contribution < -0.4 is 4.74 Å². The highest BCUT2D eigenvalue weighted by Crippen LogP contribution is 2.17. The molecule has 0 N–H and O–H groups in total. The van der Waals surface area contributed by atoms with Crippen molar-refractivity contribution in [1.82, 2.24) is 4.90 Å². The van der Waals surface area contributed by atoms with Gasteiger partial charge in [0, 0.05) is 12.8 Å². The molecule has 1 heterocycles. The summed E-state index contributed by atoms with van der Waals surface area (Å²) in [4.78, 5) is 24.1. The second-order valence-corrected chi connectivity index (χ2v) is 4.61. The summed E-state index contributed by atoms with van der Waals surface area (Å²) in [6, 6.07) is 5.96. The van der Waals surface area contributed by atoms with E-state index < -0.39 is 0 Å². The summed E-state index contributed by atoms with van der Waals surface area (Å²) in [6.45, 7) is 4.70. The molecule has 0 aromatic heterocycles. The average molecular weight is 247 g/mol. The molecule has 1 aliphatic rings. The van der Waals surface area contributed by atoms with E-state index in [0.29, 0.717) is 26.0 Å². The number of ether oxygens (including phenoxy) is 1. The molecule has 1 saturated heterocycles. The van der Waals surface area contributed by atoms with Crippen LogP contribution in [0.1, 0.15) is 24.0 Å². The van der Waals surface area contributed by atoms with Gasteiger partial charge in [-0.1, -0.05) is 6.07 Å². The van der Waals surface area contributed by atoms with E-state index in [1.54, 1.807) is 0 Å². The number of amides is 2. The Kier molecular flexibility index (Phi) is 3.65. The summed E-state index contributed by atoms with van der Waals surface area (Å²) < 4.78 is 5.58. The number of benzene rings is 1. The van der Waals surface area contributed by atoms with E-state index in [0.717, 1.165) is 16.9 Å². The first-order valence-electron chi connectivity index (χ1n) is 6.10. The summed E-state index contributed by atoms with van der Waals surface area (Å²) in [7, 11) is 0. The van der Waals surface area contributed by atoms with Gasteiger partial charge in [0.2, 0.25) is 11.8 Å². The molecule has 2 rings (SSSR count). The van der Waals surface area contributed by atoms with Crippen molar-refractivity contribution >= 4 is 11.8 Å². The summed E-state index contributed by atoms with van der Waals surface area (Å²) in [6.07, 6.45) is 0.671. The lowest BCUT2D eigenvalue weighted by Gasteiger charge is -2.14. The SMILES string of the molecule is Cc1cc(C)cc(OCCN2C(=O)CCC2=O)c1. The van der Waals surface area contributed by atoms with Crippen LogP contribution in [-0.2, 0) is 9.59 Å². The number of aryl methyl sites for hydroxylation is 2. The summed E-state index contributed by atoms with van der Waals surface area (Å²) >= 11 is 0. The Morgan fingerprint density at radius 1 is 1.06 bits per heavy atom. The molecule has 0 saturated carbocycles. The third-order valence-electron chi connectivity index (χ3n) is 2.93. The van der Waals surface area contributed by atoms with E-state index in [1.165, 1.54) is 4.90 Å². The zero-order valence-electron chi connectivity index (χ0n) is 10.7. The average Bonchev–Trinajstić information content (AvgIpc) is 2.59. The van der Waals surface area contributed by atoms with E-state index in [4.69, 9.17) is 4.74 Å². The molecule has 2 amide bonds. The largest absolute Gasteiger partial charge is 0.492 e. The maximum absolute atomic E-state index is 11.4. The van der Waals surface area contributed by atoms with Gasteiger partial charge in [-0.05, 0) is 37.1 Å². The summed E-state index contributed by atoms with van der Waals surface area (Å²) in [5.74, 6) is 0.597. The Labute approximate surface area is 107 Å². The number of likely N-dealkylation sites (tertiary alicyclic amines) is 1. The number of rotatable bonds is 4. The maximum Gasteiger partial charge on any atom is 0.229 e. The lowest BCUT2D eigenvalue weighted by molar-refractivity contribution is -0.138. The van der Waals surface area contributed by atoms with Crippen LogP contribution in [-0.4, -0.2) is 29.9 Å². The van der Waals surface area contributed by atoms with Gasteiger partial charge < -0.3 is 4.74 Å². The number of imide groups is 1. The predicted molar refractivity (Wildman–Crippen MR) is 67.4 cm³/mol. The van der Waals surface area contributed by atoms with Crippen LogP contribution in [0.3, 0.4) is 0 Å². The van der Waals surface area contributed by atoms with Crippen LogP contribution in [0, 0.1) is 13.8 Å². The van der Waals surface area contributed by atoms with Crippen molar-refractivity contribution < 1.29 is 14.3 Å². The molecule has 1 aromatic carbocycles. The molecule has 96 valence electrons. The van der Waals surface area contributed by atoms with E-state index in [1.807, 2.05) is 26.0 Å². The van der Waals surface area contributed by atoms with Gasteiger partial charge in [-0.2, -0.15) is 0 Å². The van der Waals surface area contributed by atoms with E-state index in [9.17, 15) is 9.59 Å². The second-order valence-electron chi connectivity index (χ2n) is 4.61. The molecule has 0 bridgehead atoms. The van der Waals surface area contributed by atoms with Crippen molar-refractivity contribution in [3.8, 4) is 5.75 Å². The van der Waals surface area contributed by atoms with E-state index in [-0.39, 0.29) is 11.8 Å².